The van der Waals surface area contributed by atoms with Gasteiger partial charge >= 0.3 is 5.97 Å². The number of thioether (sulfide) groups is 1. The number of likely N-dealkylation sites (N-methyl/N-ethyl adjacent to an activating group) is 1. The molecule has 1 aromatic carbocycles. The van der Waals surface area contributed by atoms with E-state index in [2.05, 4.69) is 4.74 Å². The van der Waals surface area contributed by atoms with Gasteiger partial charge in [0.15, 0.2) is 0 Å². The Morgan fingerprint density at radius 3 is 2.55 bits per heavy atom. The zero-order valence-corrected chi connectivity index (χ0v) is 19.5. The Balaban J connectivity index is 1.83. The smallest absolute Gasteiger partial charge is 0.337 e. The number of aliphatic hydroxyl groups excluding tert-OH is 1. The molecule has 0 spiro atoms. The van der Waals surface area contributed by atoms with Crippen molar-refractivity contribution >= 4 is 52.2 Å². The molecule has 1 N–H and O–H groups in total. The van der Waals surface area contributed by atoms with Crippen molar-refractivity contribution in [2.75, 3.05) is 33.4 Å². The third-order valence-corrected chi connectivity index (χ3v) is 6.26. The summed E-state index contributed by atoms with van der Waals surface area (Å²) in [6.45, 7) is 3.34. The largest absolute Gasteiger partial charge is 0.465 e. The van der Waals surface area contributed by atoms with Crippen molar-refractivity contribution in [3.63, 3.8) is 0 Å². The Labute approximate surface area is 192 Å². The number of hydrogen-bond donors (Lipinski definition) is 1. The monoisotopic (exact) mass is 464 g/mol. The molecule has 1 aromatic rings. The lowest BCUT2D eigenvalue weighted by Crippen LogP contribution is -2.33. The van der Waals surface area contributed by atoms with E-state index in [1.165, 1.54) is 18.9 Å². The number of thiocarbonyl (C=S) groups is 1. The lowest BCUT2D eigenvalue weighted by Gasteiger charge is -2.19. The summed E-state index contributed by atoms with van der Waals surface area (Å²) in [7, 11) is 1.33. The van der Waals surface area contributed by atoms with Crippen LogP contribution in [-0.2, 0) is 14.3 Å². The topological polar surface area (TPSA) is 87.2 Å². The molecule has 1 aliphatic heterocycles. The minimum Gasteiger partial charge on any atom is -0.465 e. The molecular weight excluding hydrogens is 436 g/mol. The molecule has 1 saturated heterocycles. The molecule has 168 valence electrons. The minimum atomic E-state index is -0.407. The predicted molar refractivity (Wildman–Crippen MR) is 125 cm³/mol. The molecule has 1 heterocycles. The van der Waals surface area contributed by atoms with Gasteiger partial charge in [-0.15, -0.1) is 0 Å². The summed E-state index contributed by atoms with van der Waals surface area (Å²) in [5.41, 5.74) is 1.25. The van der Waals surface area contributed by atoms with Gasteiger partial charge in [-0.2, -0.15) is 0 Å². The van der Waals surface area contributed by atoms with Crippen LogP contribution in [-0.4, -0.2) is 70.4 Å². The third kappa shape index (κ3) is 7.15. The quantitative estimate of drug-likeness (QED) is 0.233. The first-order valence-corrected chi connectivity index (χ1v) is 11.5. The van der Waals surface area contributed by atoms with Crippen molar-refractivity contribution in [1.82, 2.24) is 9.80 Å². The van der Waals surface area contributed by atoms with Crippen LogP contribution in [0.4, 0.5) is 0 Å². The highest BCUT2D eigenvalue weighted by Crippen LogP contribution is 2.32. The maximum absolute atomic E-state index is 12.7. The van der Waals surface area contributed by atoms with Crippen LogP contribution < -0.4 is 0 Å². The third-order valence-electron chi connectivity index (χ3n) is 4.88. The molecule has 0 unspecified atom stereocenters. The normalized spacial score (nSPS) is 14.9. The standard InChI is InChI=1S/C22H28N2O5S2/c1-3-23(13-14-25)19(26)7-5-4-6-12-24-20(27)18(31-22(24)30)15-16-8-10-17(11-9-16)21(28)29-2/h8-11,15,25H,3-7,12-14H2,1-2H3/b18-15-. The van der Waals surface area contributed by atoms with E-state index in [-0.39, 0.29) is 18.4 Å². The summed E-state index contributed by atoms with van der Waals surface area (Å²) in [6, 6.07) is 6.82. The number of rotatable bonds is 11. The van der Waals surface area contributed by atoms with Crippen molar-refractivity contribution in [3.8, 4) is 0 Å². The molecule has 1 fully saturated rings. The van der Waals surface area contributed by atoms with Gasteiger partial charge in [0.25, 0.3) is 5.91 Å². The van der Waals surface area contributed by atoms with Gasteiger partial charge in [0.05, 0.1) is 24.2 Å². The van der Waals surface area contributed by atoms with Crippen LogP contribution >= 0.6 is 24.0 Å². The molecule has 2 amide bonds. The van der Waals surface area contributed by atoms with Crippen LogP contribution in [0.3, 0.4) is 0 Å². The van der Waals surface area contributed by atoms with Gasteiger partial charge in [0.1, 0.15) is 4.32 Å². The first-order valence-electron chi connectivity index (χ1n) is 10.2. The van der Waals surface area contributed by atoms with Gasteiger partial charge in [-0.3, -0.25) is 14.5 Å². The first-order chi connectivity index (χ1) is 14.9. The molecule has 0 radical (unpaired) electrons. The summed E-state index contributed by atoms with van der Waals surface area (Å²) in [6.07, 6.45) is 4.51. The van der Waals surface area contributed by atoms with E-state index in [1.54, 1.807) is 40.1 Å². The van der Waals surface area contributed by atoms with E-state index >= 15 is 0 Å². The average molecular weight is 465 g/mol. The van der Waals surface area contributed by atoms with Gasteiger partial charge in [-0.1, -0.05) is 42.5 Å². The number of aliphatic hydroxyl groups is 1. The Bertz CT molecular complexity index is 839. The molecule has 1 aliphatic rings. The average Bonchev–Trinajstić information content (AvgIpc) is 3.04. The Morgan fingerprint density at radius 1 is 1.23 bits per heavy atom. The van der Waals surface area contributed by atoms with E-state index in [0.29, 0.717) is 40.8 Å². The molecule has 9 heteroatoms. The number of nitrogens with zero attached hydrogens (tertiary/aromatic N) is 2. The number of carbonyl (C=O) groups is 3. The van der Waals surface area contributed by atoms with Crippen LogP contribution in [0.25, 0.3) is 6.08 Å². The number of amides is 2. The number of unbranched alkanes of at least 4 members (excludes halogenated alkanes) is 2. The second kappa shape index (κ2) is 12.6. The Hall–Kier alpha value is -2.23. The predicted octanol–water partition coefficient (Wildman–Crippen LogP) is 3.08. The van der Waals surface area contributed by atoms with Gasteiger partial charge < -0.3 is 14.7 Å². The van der Waals surface area contributed by atoms with Gasteiger partial charge in [-0.05, 0) is 43.5 Å². The zero-order chi connectivity index (χ0) is 22.8. The van der Waals surface area contributed by atoms with Gasteiger partial charge in [-0.25, -0.2) is 4.79 Å². The van der Waals surface area contributed by atoms with E-state index in [4.69, 9.17) is 17.3 Å². The van der Waals surface area contributed by atoms with Crippen LogP contribution in [0.2, 0.25) is 0 Å². The van der Waals surface area contributed by atoms with Crippen molar-refractivity contribution < 1.29 is 24.2 Å². The summed E-state index contributed by atoms with van der Waals surface area (Å²) in [4.78, 5) is 40.1. The Morgan fingerprint density at radius 2 is 1.94 bits per heavy atom. The fourth-order valence-corrected chi connectivity index (χ4v) is 4.45. The SMILES string of the molecule is CCN(CCO)C(=O)CCCCCN1C(=O)/C(=C/c2ccc(C(=O)OC)cc2)SC1=S. The van der Waals surface area contributed by atoms with E-state index < -0.39 is 5.97 Å². The molecule has 2 rings (SSSR count). The van der Waals surface area contributed by atoms with Gasteiger partial charge in [0.2, 0.25) is 5.91 Å². The van der Waals surface area contributed by atoms with Crippen LogP contribution in [0, 0.1) is 0 Å². The molecule has 0 aromatic heterocycles. The highest BCUT2D eigenvalue weighted by Gasteiger charge is 2.31. The molecule has 0 aliphatic carbocycles. The fraction of sp³-hybridized carbons (Fsp3) is 0.455. The number of methoxy groups -OCH3 is 1. The molecule has 0 atom stereocenters. The number of carbonyl (C=O) groups excluding carboxylic acids is 3. The molecule has 0 saturated carbocycles. The van der Waals surface area contributed by atoms with Crippen LogP contribution in [0.5, 0.6) is 0 Å². The lowest BCUT2D eigenvalue weighted by molar-refractivity contribution is -0.131. The van der Waals surface area contributed by atoms with E-state index in [9.17, 15) is 14.4 Å². The van der Waals surface area contributed by atoms with Crippen LogP contribution in [0.1, 0.15) is 48.5 Å². The maximum atomic E-state index is 12.7. The van der Waals surface area contributed by atoms with Crippen molar-refractivity contribution in [2.24, 2.45) is 0 Å². The van der Waals surface area contributed by atoms with Crippen molar-refractivity contribution in [1.29, 1.82) is 0 Å². The summed E-state index contributed by atoms with van der Waals surface area (Å²) < 4.78 is 5.21. The molecule has 7 nitrogen and oxygen atoms in total. The number of ether oxygens (including phenoxy) is 1. The summed E-state index contributed by atoms with van der Waals surface area (Å²) in [5, 5.41) is 8.99. The minimum absolute atomic E-state index is 0.0307. The van der Waals surface area contributed by atoms with E-state index in [1.807, 2.05) is 6.92 Å². The lowest BCUT2D eigenvalue weighted by atomic mass is 10.1. The number of benzene rings is 1. The highest BCUT2D eigenvalue weighted by molar-refractivity contribution is 8.26. The van der Waals surface area contributed by atoms with Crippen LogP contribution in [0.15, 0.2) is 29.2 Å². The van der Waals surface area contributed by atoms with Crippen molar-refractivity contribution in [2.45, 2.75) is 32.6 Å². The molecule has 0 bridgehead atoms. The number of hydrogen-bond acceptors (Lipinski definition) is 7. The molecular formula is C22H28N2O5S2. The second-order valence-electron chi connectivity index (χ2n) is 6.95. The maximum Gasteiger partial charge on any atom is 0.337 e. The molecule has 31 heavy (non-hydrogen) atoms. The van der Waals surface area contributed by atoms with E-state index in [0.717, 1.165) is 24.8 Å². The second-order valence-corrected chi connectivity index (χ2v) is 8.63. The zero-order valence-electron chi connectivity index (χ0n) is 17.8. The highest BCUT2D eigenvalue weighted by atomic mass is 32.2. The van der Waals surface area contributed by atoms with Gasteiger partial charge in [0, 0.05) is 26.1 Å². The van der Waals surface area contributed by atoms with Crippen molar-refractivity contribution in [3.05, 3.63) is 40.3 Å². The first kappa shape index (κ1) is 25.0. The summed E-state index contributed by atoms with van der Waals surface area (Å²) >= 11 is 6.63. The Kier molecular flexibility index (Phi) is 10.2. The number of esters is 1. The fourth-order valence-electron chi connectivity index (χ4n) is 3.14. The summed E-state index contributed by atoms with van der Waals surface area (Å²) in [5.74, 6) is -0.484.